The SMILES string of the molecule is CC(c1ccc(Br)cc1Cl)N1CC2CNCC2C1(C)C. The van der Waals surface area contributed by atoms with Gasteiger partial charge in [0.15, 0.2) is 0 Å². The Hall–Kier alpha value is -0.0900. The van der Waals surface area contributed by atoms with Gasteiger partial charge in [0.1, 0.15) is 0 Å². The third-order valence-corrected chi connectivity index (χ3v) is 6.12. The molecular weight excluding hydrogens is 336 g/mol. The molecule has 0 bridgehead atoms. The van der Waals surface area contributed by atoms with E-state index in [-0.39, 0.29) is 5.54 Å². The van der Waals surface area contributed by atoms with E-state index in [1.54, 1.807) is 0 Å². The molecule has 2 nitrogen and oxygen atoms in total. The van der Waals surface area contributed by atoms with Crippen molar-refractivity contribution in [2.45, 2.75) is 32.4 Å². The lowest BCUT2D eigenvalue weighted by molar-refractivity contribution is 0.0971. The molecule has 0 aromatic heterocycles. The van der Waals surface area contributed by atoms with Crippen LogP contribution in [0.15, 0.2) is 22.7 Å². The van der Waals surface area contributed by atoms with Gasteiger partial charge in [-0.25, -0.2) is 0 Å². The van der Waals surface area contributed by atoms with Crippen LogP contribution in [0.2, 0.25) is 5.02 Å². The van der Waals surface area contributed by atoms with Crippen molar-refractivity contribution in [3.63, 3.8) is 0 Å². The van der Waals surface area contributed by atoms with Gasteiger partial charge in [-0.1, -0.05) is 33.6 Å². The number of fused-ring (bicyclic) bond motifs is 1. The number of nitrogens with zero attached hydrogens (tertiary/aromatic N) is 1. The maximum absolute atomic E-state index is 6.45. The van der Waals surface area contributed by atoms with Crippen molar-refractivity contribution in [1.29, 1.82) is 0 Å². The topological polar surface area (TPSA) is 15.3 Å². The molecule has 1 aromatic rings. The van der Waals surface area contributed by atoms with Crippen LogP contribution in [0.3, 0.4) is 0 Å². The fourth-order valence-electron chi connectivity index (χ4n) is 4.12. The van der Waals surface area contributed by atoms with Gasteiger partial charge in [0, 0.05) is 34.2 Å². The molecule has 0 amide bonds. The first-order chi connectivity index (χ1) is 9.41. The van der Waals surface area contributed by atoms with Crippen molar-refractivity contribution in [2.24, 2.45) is 11.8 Å². The third-order valence-electron chi connectivity index (χ3n) is 5.30. The summed E-state index contributed by atoms with van der Waals surface area (Å²) in [6.07, 6.45) is 0. The molecule has 4 heteroatoms. The van der Waals surface area contributed by atoms with Gasteiger partial charge in [-0.15, -0.1) is 0 Å². The molecule has 2 aliphatic rings. The largest absolute Gasteiger partial charge is 0.316 e. The highest BCUT2D eigenvalue weighted by molar-refractivity contribution is 9.10. The Labute approximate surface area is 135 Å². The van der Waals surface area contributed by atoms with Crippen molar-refractivity contribution in [3.05, 3.63) is 33.3 Å². The van der Waals surface area contributed by atoms with E-state index in [0.717, 1.165) is 41.0 Å². The van der Waals surface area contributed by atoms with E-state index in [1.807, 2.05) is 6.07 Å². The minimum Gasteiger partial charge on any atom is -0.316 e. The van der Waals surface area contributed by atoms with Crippen molar-refractivity contribution in [1.82, 2.24) is 10.2 Å². The highest BCUT2D eigenvalue weighted by atomic mass is 79.9. The van der Waals surface area contributed by atoms with Gasteiger partial charge in [-0.3, -0.25) is 4.90 Å². The van der Waals surface area contributed by atoms with Crippen LogP contribution < -0.4 is 5.32 Å². The Morgan fingerprint density at radius 1 is 1.40 bits per heavy atom. The van der Waals surface area contributed by atoms with Crippen LogP contribution >= 0.6 is 27.5 Å². The van der Waals surface area contributed by atoms with Crippen molar-refractivity contribution < 1.29 is 0 Å². The van der Waals surface area contributed by atoms with Crippen molar-refractivity contribution in [3.8, 4) is 0 Å². The molecular formula is C16H22BrClN2. The first-order valence-electron chi connectivity index (χ1n) is 7.33. The minimum absolute atomic E-state index is 0.226. The van der Waals surface area contributed by atoms with Gasteiger partial charge < -0.3 is 5.32 Å². The molecule has 2 fully saturated rings. The maximum Gasteiger partial charge on any atom is 0.0465 e. The molecule has 2 saturated heterocycles. The molecule has 3 atom stereocenters. The Morgan fingerprint density at radius 2 is 2.15 bits per heavy atom. The standard InChI is InChI=1S/C16H22BrClN2/c1-10(13-5-4-12(17)6-15(13)18)20-9-11-7-19-8-14(11)16(20,2)3/h4-6,10-11,14,19H,7-9H2,1-3H3. The molecule has 2 aliphatic heterocycles. The van der Waals surface area contributed by atoms with Crippen molar-refractivity contribution >= 4 is 27.5 Å². The normalized spacial score (nSPS) is 30.4. The summed E-state index contributed by atoms with van der Waals surface area (Å²) in [5.41, 5.74) is 1.46. The Morgan fingerprint density at radius 3 is 2.80 bits per heavy atom. The second kappa shape index (κ2) is 5.28. The quantitative estimate of drug-likeness (QED) is 0.857. The first-order valence-corrected chi connectivity index (χ1v) is 8.50. The van der Waals surface area contributed by atoms with Crippen LogP contribution in [0.4, 0.5) is 0 Å². The monoisotopic (exact) mass is 356 g/mol. The van der Waals surface area contributed by atoms with Gasteiger partial charge in [0.25, 0.3) is 0 Å². The molecule has 0 aliphatic carbocycles. The summed E-state index contributed by atoms with van der Waals surface area (Å²) in [7, 11) is 0. The lowest BCUT2D eigenvalue weighted by Gasteiger charge is -2.40. The minimum atomic E-state index is 0.226. The highest BCUT2D eigenvalue weighted by Gasteiger charge is 2.50. The van der Waals surface area contributed by atoms with E-state index in [4.69, 9.17) is 11.6 Å². The molecule has 0 saturated carbocycles. The number of hydrogen-bond donors (Lipinski definition) is 1. The predicted octanol–water partition coefficient (Wildman–Crippen LogP) is 4.09. The number of halogens is 2. The van der Waals surface area contributed by atoms with Gasteiger partial charge in [-0.05, 0) is 56.8 Å². The maximum atomic E-state index is 6.45. The van der Waals surface area contributed by atoms with Gasteiger partial charge in [-0.2, -0.15) is 0 Å². The summed E-state index contributed by atoms with van der Waals surface area (Å²) in [5.74, 6) is 1.53. The molecule has 1 aromatic carbocycles. The van der Waals surface area contributed by atoms with Crippen LogP contribution in [0, 0.1) is 11.8 Å². The summed E-state index contributed by atoms with van der Waals surface area (Å²) in [4.78, 5) is 2.64. The first kappa shape index (κ1) is 14.8. The smallest absolute Gasteiger partial charge is 0.0465 e. The van der Waals surface area contributed by atoms with E-state index in [1.165, 1.54) is 5.56 Å². The summed E-state index contributed by atoms with van der Waals surface area (Å²) in [6, 6.07) is 6.60. The zero-order valence-corrected chi connectivity index (χ0v) is 14.6. The molecule has 20 heavy (non-hydrogen) atoms. The van der Waals surface area contributed by atoms with Gasteiger partial charge >= 0.3 is 0 Å². The lowest BCUT2D eigenvalue weighted by Crippen LogP contribution is -2.45. The fraction of sp³-hybridized carbons (Fsp3) is 0.625. The number of likely N-dealkylation sites (tertiary alicyclic amines) is 1. The number of benzene rings is 1. The molecule has 0 spiro atoms. The van der Waals surface area contributed by atoms with Gasteiger partial charge in [0.2, 0.25) is 0 Å². The zero-order valence-electron chi connectivity index (χ0n) is 12.3. The second-order valence-electron chi connectivity index (χ2n) is 6.67. The van der Waals surface area contributed by atoms with Crippen molar-refractivity contribution in [2.75, 3.05) is 19.6 Å². The van der Waals surface area contributed by atoms with E-state index in [9.17, 15) is 0 Å². The molecule has 3 rings (SSSR count). The Kier molecular flexibility index (Phi) is 3.91. The molecule has 1 N–H and O–H groups in total. The van der Waals surface area contributed by atoms with Gasteiger partial charge in [0.05, 0.1) is 0 Å². The molecule has 0 radical (unpaired) electrons. The van der Waals surface area contributed by atoms with E-state index in [0.29, 0.717) is 6.04 Å². The number of nitrogens with one attached hydrogen (secondary N) is 1. The summed E-state index contributed by atoms with van der Waals surface area (Å²) >= 11 is 9.93. The Balaban J connectivity index is 1.89. The summed E-state index contributed by atoms with van der Waals surface area (Å²) in [6.45, 7) is 10.5. The van der Waals surface area contributed by atoms with E-state index >= 15 is 0 Å². The van der Waals surface area contributed by atoms with E-state index in [2.05, 4.69) is 59.1 Å². The number of hydrogen-bond acceptors (Lipinski definition) is 2. The van der Waals surface area contributed by atoms with Crippen LogP contribution in [-0.4, -0.2) is 30.1 Å². The van der Waals surface area contributed by atoms with Crippen LogP contribution in [0.5, 0.6) is 0 Å². The number of rotatable bonds is 2. The summed E-state index contributed by atoms with van der Waals surface area (Å²) in [5, 5.41) is 4.40. The van der Waals surface area contributed by atoms with Crippen LogP contribution in [0.1, 0.15) is 32.4 Å². The molecule has 2 heterocycles. The lowest BCUT2D eigenvalue weighted by atomic mass is 9.84. The summed E-state index contributed by atoms with van der Waals surface area (Å²) < 4.78 is 1.04. The predicted molar refractivity (Wildman–Crippen MR) is 88.2 cm³/mol. The van der Waals surface area contributed by atoms with Crippen LogP contribution in [-0.2, 0) is 0 Å². The zero-order chi connectivity index (χ0) is 14.5. The highest BCUT2D eigenvalue weighted by Crippen LogP contribution is 2.45. The second-order valence-corrected chi connectivity index (χ2v) is 8.00. The van der Waals surface area contributed by atoms with Crippen LogP contribution in [0.25, 0.3) is 0 Å². The average molecular weight is 358 g/mol. The third kappa shape index (κ3) is 2.33. The molecule has 3 unspecified atom stereocenters. The average Bonchev–Trinajstić information content (AvgIpc) is 2.91. The molecule has 110 valence electrons. The fourth-order valence-corrected chi connectivity index (χ4v) is 4.95. The Bertz CT molecular complexity index is 517. The van der Waals surface area contributed by atoms with E-state index < -0.39 is 0 Å².